The van der Waals surface area contributed by atoms with Gasteiger partial charge < -0.3 is 0 Å². The van der Waals surface area contributed by atoms with Crippen molar-refractivity contribution in [2.45, 2.75) is 34.1 Å². The van der Waals surface area contributed by atoms with Crippen molar-refractivity contribution in [3.63, 3.8) is 0 Å². The summed E-state index contributed by atoms with van der Waals surface area (Å²) < 4.78 is 8.26. The van der Waals surface area contributed by atoms with E-state index in [0.717, 1.165) is 0 Å². The molecule has 1 nitrogen and oxygen atoms in total. The summed E-state index contributed by atoms with van der Waals surface area (Å²) in [6.45, 7) is 7.15. The minimum atomic E-state index is -1.87. The summed E-state index contributed by atoms with van der Waals surface area (Å²) in [5.41, 5.74) is 0. The molecular weight excluding hydrogens is 265 g/mol. The van der Waals surface area contributed by atoms with E-state index in [9.17, 15) is 0 Å². The van der Waals surface area contributed by atoms with E-state index in [1.807, 2.05) is 0 Å². The van der Waals surface area contributed by atoms with Crippen molar-refractivity contribution in [2.75, 3.05) is 0 Å². The molecule has 0 saturated heterocycles. The Hall–Kier alpha value is 0.0787. The normalized spacial score (nSPS) is 12.0. The van der Waals surface area contributed by atoms with Crippen LogP contribution in [0.1, 0.15) is 20.8 Å². The molecule has 74 valence electrons. The van der Waals surface area contributed by atoms with Crippen LogP contribution in [-0.4, -0.2) is 22.9 Å². The average Bonchev–Trinajstić information content (AvgIpc) is 2.57. The Bertz CT molecular complexity index is 253. The van der Waals surface area contributed by atoms with Crippen LogP contribution in [0.4, 0.5) is 0 Å². The Morgan fingerprint density at radius 3 is 2.00 bits per heavy atom. The Morgan fingerprint density at radius 2 is 1.69 bits per heavy atom. The van der Waals surface area contributed by atoms with Crippen LogP contribution in [0.15, 0.2) is 18.5 Å². The van der Waals surface area contributed by atoms with Crippen molar-refractivity contribution in [3.8, 4) is 0 Å². The standard InChI is InChI=1S/C5H6N.3C2H5.Sn/c1-6-4-2-3-5-6;3*1-2;/h2,4-5H,1H3;3*1H2,2H3;. The van der Waals surface area contributed by atoms with Gasteiger partial charge in [0.2, 0.25) is 0 Å². The van der Waals surface area contributed by atoms with Gasteiger partial charge in [0.05, 0.1) is 0 Å². The minimum absolute atomic E-state index is 1.45. The zero-order valence-corrected chi connectivity index (χ0v) is 12.2. The summed E-state index contributed by atoms with van der Waals surface area (Å²) in [5, 5.41) is 0. The number of hydrogen-bond acceptors (Lipinski definition) is 0. The summed E-state index contributed by atoms with van der Waals surface area (Å²) in [6, 6.07) is 2.35. The van der Waals surface area contributed by atoms with Crippen molar-refractivity contribution in [1.82, 2.24) is 4.57 Å². The van der Waals surface area contributed by atoms with E-state index < -0.39 is 18.4 Å². The van der Waals surface area contributed by atoms with Crippen molar-refractivity contribution >= 4 is 22.0 Å². The fourth-order valence-corrected chi connectivity index (χ4v) is 12.5. The molecule has 0 aromatic carbocycles. The van der Waals surface area contributed by atoms with E-state index in [-0.39, 0.29) is 0 Å². The van der Waals surface area contributed by atoms with Gasteiger partial charge >= 0.3 is 86.1 Å². The summed E-state index contributed by atoms with van der Waals surface area (Å²) in [4.78, 5) is 0. The van der Waals surface area contributed by atoms with Crippen LogP contribution in [0, 0.1) is 0 Å². The third kappa shape index (κ3) is 2.12. The molecule has 0 aliphatic rings. The molecule has 2 heteroatoms. The van der Waals surface area contributed by atoms with Gasteiger partial charge in [-0.2, -0.15) is 0 Å². The molecule has 0 N–H and O–H groups in total. The predicted molar refractivity (Wildman–Crippen MR) is 62.2 cm³/mol. The molecule has 0 saturated carbocycles. The molecule has 0 aliphatic carbocycles. The van der Waals surface area contributed by atoms with E-state index in [1.165, 1.54) is 13.3 Å². The molecule has 1 aromatic rings. The Balaban J connectivity index is 3.00. The van der Waals surface area contributed by atoms with Crippen molar-refractivity contribution in [3.05, 3.63) is 18.5 Å². The molecule has 0 radical (unpaired) electrons. The molecule has 1 rings (SSSR count). The maximum atomic E-state index is 2.38. The number of rotatable bonds is 4. The summed E-state index contributed by atoms with van der Waals surface area (Å²) in [5.74, 6) is 0. The van der Waals surface area contributed by atoms with Gasteiger partial charge in [-0.05, 0) is 0 Å². The summed E-state index contributed by atoms with van der Waals surface area (Å²) >= 11 is -1.87. The third-order valence-corrected chi connectivity index (χ3v) is 19.4. The zero-order chi connectivity index (χ0) is 9.90. The molecule has 0 fully saturated rings. The average molecular weight is 286 g/mol. The van der Waals surface area contributed by atoms with E-state index >= 15 is 0 Å². The second-order valence-corrected chi connectivity index (χ2v) is 18.9. The summed E-state index contributed by atoms with van der Waals surface area (Å²) in [7, 11) is 2.13. The van der Waals surface area contributed by atoms with Crippen molar-refractivity contribution < 1.29 is 0 Å². The van der Waals surface area contributed by atoms with Crippen LogP contribution in [-0.2, 0) is 7.05 Å². The molecule has 1 heterocycles. The second kappa shape index (κ2) is 4.54. The first-order valence-electron chi connectivity index (χ1n) is 5.31. The number of aryl methyl sites for hydroxylation is 1. The second-order valence-electron chi connectivity index (χ2n) is 3.91. The number of aromatic nitrogens is 1. The molecule has 0 spiro atoms. The predicted octanol–water partition coefficient (Wildman–Crippen LogP) is 2.74. The van der Waals surface area contributed by atoms with Gasteiger partial charge in [0.25, 0.3) is 0 Å². The van der Waals surface area contributed by atoms with Gasteiger partial charge in [0.15, 0.2) is 0 Å². The van der Waals surface area contributed by atoms with Gasteiger partial charge in [-0.3, -0.25) is 0 Å². The topological polar surface area (TPSA) is 4.93 Å². The van der Waals surface area contributed by atoms with Gasteiger partial charge in [-0.15, -0.1) is 0 Å². The van der Waals surface area contributed by atoms with Crippen LogP contribution < -0.4 is 3.58 Å². The van der Waals surface area contributed by atoms with Gasteiger partial charge in [-0.1, -0.05) is 0 Å². The SMILES string of the molecule is C[CH2][Sn]([CH2]C)([CH2]C)[c]1ccn(C)c1. The summed E-state index contributed by atoms with van der Waals surface area (Å²) in [6.07, 6.45) is 4.55. The first-order valence-corrected chi connectivity index (χ1v) is 12.8. The van der Waals surface area contributed by atoms with Crippen LogP contribution in [0.2, 0.25) is 13.3 Å². The van der Waals surface area contributed by atoms with Crippen molar-refractivity contribution in [2.24, 2.45) is 7.05 Å². The van der Waals surface area contributed by atoms with E-state index in [0.29, 0.717) is 0 Å². The molecule has 0 atom stereocenters. The Morgan fingerprint density at radius 1 is 1.15 bits per heavy atom. The molecule has 13 heavy (non-hydrogen) atoms. The molecule has 1 aromatic heterocycles. The maximum absolute atomic E-state index is 2.38. The molecule has 0 amide bonds. The Kier molecular flexibility index (Phi) is 3.89. The molecular formula is C11H21NSn. The van der Waals surface area contributed by atoms with Crippen molar-refractivity contribution in [1.29, 1.82) is 0 Å². The van der Waals surface area contributed by atoms with E-state index in [4.69, 9.17) is 0 Å². The Labute approximate surface area is 86.0 Å². The van der Waals surface area contributed by atoms with Gasteiger partial charge in [0, 0.05) is 0 Å². The van der Waals surface area contributed by atoms with Gasteiger partial charge in [-0.25, -0.2) is 0 Å². The first-order chi connectivity index (χ1) is 6.18. The fraction of sp³-hybridized carbons (Fsp3) is 0.636. The zero-order valence-electron chi connectivity index (χ0n) is 9.30. The van der Waals surface area contributed by atoms with Gasteiger partial charge in [0.1, 0.15) is 0 Å². The number of nitrogens with zero attached hydrogens (tertiary/aromatic N) is 1. The third-order valence-electron chi connectivity index (χ3n) is 3.47. The van der Waals surface area contributed by atoms with E-state index in [1.54, 1.807) is 3.58 Å². The molecule has 0 aliphatic heterocycles. The molecule has 0 unspecified atom stereocenters. The van der Waals surface area contributed by atoms with Crippen LogP contribution in [0.3, 0.4) is 0 Å². The quantitative estimate of drug-likeness (QED) is 0.750. The van der Waals surface area contributed by atoms with Crippen LogP contribution in [0.25, 0.3) is 0 Å². The van der Waals surface area contributed by atoms with Crippen LogP contribution in [0.5, 0.6) is 0 Å². The van der Waals surface area contributed by atoms with Crippen LogP contribution >= 0.6 is 0 Å². The van der Waals surface area contributed by atoms with E-state index in [2.05, 4.69) is 50.8 Å². The monoisotopic (exact) mass is 287 g/mol. The first kappa shape index (κ1) is 11.2. The number of hydrogen-bond donors (Lipinski definition) is 0. The molecule has 0 bridgehead atoms. The fourth-order valence-electron chi connectivity index (χ4n) is 2.18.